The van der Waals surface area contributed by atoms with Gasteiger partial charge in [-0.25, -0.2) is 14.8 Å². The van der Waals surface area contributed by atoms with Gasteiger partial charge in [0.2, 0.25) is 0 Å². The molecule has 0 spiro atoms. The quantitative estimate of drug-likeness (QED) is 0.643. The largest absolute Gasteiger partial charge is 0.497 e. The standard InChI is InChI=1S/C24H27N5O3/c1-31-20-8-6-18(7-9-20)16-25-24(30)29-12-10-28(11-13-29)23-15-22(26-17-27-23)19-4-3-5-21(14-19)32-2/h3-9,14-15,17H,10-13,16H2,1-2H3,(H,25,30). The van der Waals surface area contributed by atoms with Crippen molar-refractivity contribution in [3.8, 4) is 22.8 Å². The molecule has 3 aromatic rings. The first-order valence-corrected chi connectivity index (χ1v) is 10.5. The van der Waals surface area contributed by atoms with Crippen LogP contribution >= 0.6 is 0 Å². The van der Waals surface area contributed by atoms with Crippen LogP contribution in [0.5, 0.6) is 11.5 Å². The number of amides is 2. The Kier molecular flexibility index (Phi) is 6.69. The SMILES string of the molecule is COc1ccc(CNC(=O)N2CCN(c3cc(-c4cccc(OC)c4)ncn3)CC2)cc1. The van der Waals surface area contributed by atoms with Gasteiger partial charge in [0, 0.05) is 44.4 Å². The summed E-state index contributed by atoms with van der Waals surface area (Å²) in [5, 5.41) is 2.99. The molecule has 1 aliphatic rings. The van der Waals surface area contributed by atoms with Crippen molar-refractivity contribution in [2.75, 3.05) is 45.3 Å². The van der Waals surface area contributed by atoms with Crippen LogP contribution in [0.2, 0.25) is 0 Å². The van der Waals surface area contributed by atoms with Crippen LogP contribution in [0.4, 0.5) is 10.6 Å². The van der Waals surface area contributed by atoms with E-state index in [1.54, 1.807) is 20.5 Å². The first kappa shape index (κ1) is 21.4. The molecule has 8 heteroatoms. The van der Waals surface area contributed by atoms with Gasteiger partial charge in [0.05, 0.1) is 19.9 Å². The fraction of sp³-hybridized carbons (Fsp3) is 0.292. The molecule has 0 atom stereocenters. The van der Waals surface area contributed by atoms with E-state index >= 15 is 0 Å². The van der Waals surface area contributed by atoms with E-state index in [1.807, 2.05) is 59.5 Å². The number of piperazine rings is 1. The van der Waals surface area contributed by atoms with Gasteiger partial charge in [0.25, 0.3) is 0 Å². The normalized spacial score (nSPS) is 13.6. The zero-order valence-corrected chi connectivity index (χ0v) is 18.3. The van der Waals surface area contributed by atoms with Crippen LogP contribution in [-0.4, -0.2) is 61.3 Å². The first-order valence-electron chi connectivity index (χ1n) is 10.5. The molecule has 0 saturated carbocycles. The molecule has 0 bridgehead atoms. The van der Waals surface area contributed by atoms with Crippen LogP contribution in [0.25, 0.3) is 11.3 Å². The van der Waals surface area contributed by atoms with Crippen molar-refractivity contribution in [1.29, 1.82) is 0 Å². The van der Waals surface area contributed by atoms with Crippen molar-refractivity contribution in [2.24, 2.45) is 0 Å². The number of rotatable bonds is 6. The number of urea groups is 1. The number of benzene rings is 2. The van der Waals surface area contributed by atoms with Gasteiger partial charge in [-0.1, -0.05) is 24.3 Å². The van der Waals surface area contributed by atoms with E-state index in [-0.39, 0.29) is 6.03 Å². The van der Waals surface area contributed by atoms with Gasteiger partial charge in [0.15, 0.2) is 0 Å². The Morgan fingerprint density at radius 3 is 2.41 bits per heavy atom. The highest BCUT2D eigenvalue weighted by Crippen LogP contribution is 2.24. The lowest BCUT2D eigenvalue weighted by Crippen LogP contribution is -2.51. The minimum Gasteiger partial charge on any atom is -0.497 e. The molecule has 166 valence electrons. The summed E-state index contributed by atoms with van der Waals surface area (Å²) in [6.45, 7) is 3.17. The number of hydrogen-bond acceptors (Lipinski definition) is 6. The third kappa shape index (κ3) is 5.08. The Bertz CT molecular complexity index is 1050. The van der Waals surface area contributed by atoms with Gasteiger partial charge < -0.3 is 24.6 Å². The van der Waals surface area contributed by atoms with Crippen LogP contribution in [0.1, 0.15) is 5.56 Å². The molecule has 4 rings (SSSR count). The molecule has 8 nitrogen and oxygen atoms in total. The third-order valence-electron chi connectivity index (χ3n) is 5.51. The average molecular weight is 434 g/mol. The number of carbonyl (C=O) groups is 1. The summed E-state index contributed by atoms with van der Waals surface area (Å²) in [4.78, 5) is 25.4. The monoisotopic (exact) mass is 433 g/mol. The van der Waals surface area contributed by atoms with Crippen molar-refractivity contribution in [2.45, 2.75) is 6.54 Å². The third-order valence-corrected chi connectivity index (χ3v) is 5.51. The summed E-state index contributed by atoms with van der Waals surface area (Å²) in [5.41, 5.74) is 2.85. The molecule has 1 fully saturated rings. The molecule has 0 radical (unpaired) electrons. The van der Waals surface area contributed by atoms with Gasteiger partial charge >= 0.3 is 6.03 Å². The summed E-state index contributed by atoms with van der Waals surface area (Å²) in [5.74, 6) is 2.45. The molecule has 0 unspecified atom stereocenters. The van der Waals surface area contributed by atoms with E-state index < -0.39 is 0 Å². The fourth-order valence-electron chi connectivity index (χ4n) is 3.63. The maximum absolute atomic E-state index is 12.6. The van der Waals surface area contributed by atoms with Crippen LogP contribution in [0, 0.1) is 0 Å². The van der Waals surface area contributed by atoms with Gasteiger partial charge in [-0.05, 0) is 29.8 Å². The summed E-state index contributed by atoms with van der Waals surface area (Å²) in [6.07, 6.45) is 1.58. The highest BCUT2D eigenvalue weighted by atomic mass is 16.5. The smallest absolute Gasteiger partial charge is 0.317 e. The molecule has 2 heterocycles. The second-order valence-electron chi connectivity index (χ2n) is 7.47. The van der Waals surface area contributed by atoms with Crippen molar-refractivity contribution < 1.29 is 14.3 Å². The number of aromatic nitrogens is 2. The first-order chi connectivity index (χ1) is 15.7. The lowest BCUT2D eigenvalue weighted by molar-refractivity contribution is 0.194. The van der Waals surface area contributed by atoms with E-state index in [9.17, 15) is 4.79 Å². The number of ether oxygens (including phenoxy) is 2. The van der Waals surface area contributed by atoms with E-state index in [0.717, 1.165) is 34.1 Å². The van der Waals surface area contributed by atoms with Crippen LogP contribution in [0.3, 0.4) is 0 Å². The Morgan fingerprint density at radius 2 is 1.69 bits per heavy atom. The minimum atomic E-state index is -0.0553. The molecule has 1 N–H and O–H groups in total. The summed E-state index contributed by atoms with van der Waals surface area (Å²) in [7, 11) is 3.29. The number of methoxy groups -OCH3 is 2. The topological polar surface area (TPSA) is 79.8 Å². The van der Waals surface area contributed by atoms with E-state index in [1.165, 1.54) is 0 Å². The number of nitrogens with one attached hydrogen (secondary N) is 1. The summed E-state index contributed by atoms with van der Waals surface area (Å²) in [6, 6.07) is 17.4. The Morgan fingerprint density at radius 1 is 0.938 bits per heavy atom. The number of hydrogen-bond donors (Lipinski definition) is 1. The van der Waals surface area contributed by atoms with Crippen LogP contribution < -0.4 is 19.7 Å². The molecule has 1 aromatic heterocycles. The van der Waals surface area contributed by atoms with Crippen LogP contribution in [0.15, 0.2) is 60.9 Å². The number of nitrogens with zero attached hydrogens (tertiary/aromatic N) is 4. The van der Waals surface area contributed by atoms with Gasteiger partial charge in [-0.2, -0.15) is 0 Å². The van der Waals surface area contributed by atoms with Gasteiger partial charge in [0.1, 0.15) is 23.6 Å². The highest BCUT2D eigenvalue weighted by Gasteiger charge is 2.22. The second kappa shape index (κ2) is 10.00. The predicted octanol–water partition coefficient (Wildman–Crippen LogP) is 3.19. The zero-order chi connectivity index (χ0) is 22.3. The maximum atomic E-state index is 12.6. The molecule has 0 aliphatic carbocycles. The molecule has 2 aromatic carbocycles. The van der Waals surface area contributed by atoms with Crippen molar-refractivity contribution in [3.63, 3.8) is 0 Å². The molecular formula is C24H27N5O3. The predicted molar refractivity (Wildman–Crippen MR) is 123 cm³/mol. The van der Waals surface area contributed by atoms with Crippen LogP contribution in [-0.2, 0) is 6.54 Å². The zero-order valence-electron chi connectivity index (χ0n) is 18.3. The Labute approximate surface area is 187 Å². The highest BCUT2D eigenvalue weighted by molar-refractivity contribution is 5.74. The lowest BCUT2D eigenvalue weighted by Gasteiger charge is -2.35. The average Bonchev–Trinajstić information content (AvgIpc) is 2.87. The van der Waals surface area contributed by atoms with E-state index in [0.29, 0.717) is 32.7 Å². The summed E-state index contributed by atoms with van der Waals surface area (Å²) < 4.78 is 10.5. The molecular weight excluding hydrogens is 406 g/mol. The minimum absolute atomic E-state index is 0.0553. The Hall–Kier alpha value is -3.81. The van der Waals surface area contributed by atoms with Crippen molar-refractivity contribution >= 4 is 11.8 Å². The second-order valence-corrected chi connectivity index (χ2v) is 7.47. The van der Waals surface area contributed by atoms with Crippen molar-refractivity contribution in [3.05, 3.63) is 66.5 Å². The lowest BCUT2D eigenvalue weighted by atomic mass is 10.1. The molecule has 1 aliphatic heterocycles. The summed E-state index contributed by atoms with van der Waals surface area (Å²) >= 11 is 0. The number of anilines is 1. The van der Waals surface area contributed by atoms with Gasteiger partial charge in [-0.15, -0.1) is 0 Å². The molecule has 2 amide bonds. The fourth-order valence-corrected chi connectivity index (χ4v) is 3.63. The van der Waals surface area contributed by atoms with E-state index in [4.69, 9.17) is 9.47 Å². The molecule has 32 heavy (non-hydrogen) atoms. The Balaban J connectivity index is 1.32. The number of carbonyl (C=O) groups excluding carboxylic acids is 1. The van der Waals surface area contributed by atoms with Crippen molar-refractivity contribution in [1.82, 2.24) is 20.2 Å². The van der Waals surface area contributed by atoms with Gasteiger partial charge in [-0.3, -0.25) is 0 Å². The maximum Gasteiger partial charge on any atom is 0.317 e. The van der Waals surface area contributed by atoms with E-state index in [2.05, 4.69) is 20.2 Å². The molecule has 1 saturated heterocycles.